The largest absolute Gasteiger partial charge is 0.383 e. The number of hydrogen-bond donors (Lipinski definition) is 1. The number of anilines is 1. The molecular weight excluding hydrogens is 246 g/mol. The molecule has 18 heavy (non-hydrogen) atoms. The topological polar surface area (TPSA) is 43.8 Å². The van der Waals surface area contributed by atoms with Crippen LogP contribution in [0.3, 0.4) is 0 Å². The zero-order valence-electron chi connectivity index (χ0n) is 10.7. The third-order valence-electron chi connectivity index (χ3n) is 3.09. The van der Waals surface area contributed by atoms with Crippen molar-refractivity contribution in [3.8, 4) is 0 Å². The van der Waals surface area contributed by atoms with Crippen LogP contribution in [0, 0.1) is 6.92 Å². The molecule has 1 aromatic heterocycles. The van der Waals surface area contributed by atoms with Gasteiger partial charge in [0.05, 0.1) is 11.7 Å². The van der Waals surface area contributed by atoms with Crippen LogP contribution in [0.1, 0.15) is 37.1 Å². The summed E-state index contributed by atoms with van der Waals surface area (Å²) in [6.45, 7) is 4.04. The zero-order chi connectivity index (χ0) is 13.1. The molecule has 0 aliphatic rings. The summed E-state index contributed by atoms with van der Waals surface area (Å²) in [7, 11) is 0. The van der Waals surface area contributed by atoms with Gasteiger partial charge in [-0.3, -0.25) is 0 Å². The Morgan fingerprint density at radius 3 is 2.50 bits per heavy atom. The van der Waals surface area contributed by atoms with Crippen molar-refractivity contribution in [1.29, 1.82) is 0 Å². The predicted molar refractivity (Wildman–Crippen MR) is 75.9 cm³/mol. The Kier molecular flexibility index (Phi) is 3.92. The van der Waals surface area contributed by atoms with E-state index in [0.717, 1.165) is 18.5 Å². The Morgan fingerprint density at radius 1 is 1.33 bits per heavy atom. The van der Waals surface area contributed by atoms with Crippen molar-refractivity contribution in [3.63, 3.8) is 0 Å². The lowest BCUT2D eigenvalue weighted by atomic mass is 10.0. The highest BCUT2D eigenvalue weighted by molar-refractivity contribution is 6.33. The number of aromatic nitrogens is 2. The van der Waals surface area contributed by atoms with Crippen LogP contribution in [0.15, 0.2) is 30.3 Å². The molecule has 4 heteroatoms. The molecule has 96 valence electrons. The molecule has 1 heterocycles. The van der Waals surface area contributed by atoms with Gasteiger partial charge in [0.2, 0.25) is 0 Å². The van der Waals surface area contributed by atoms with Crippen LogP contribution in [-0.2, 0) is 0 Å². The summed E-state index contributed by atoms with van der Waals surface area (Å²) in [5.74, 6) is 0.552. The van der Waals surface area contributed by atoms with Gasteiger partial charge in [-0.25, -0.2) is 4.68 Å². The minimum atomic E-state index is 0.155. The van der Waals surface area contributed by atoms with Crippen LogP contribution in [0.25, 0.3) is 0 Å². The van der Waals surface area contributed by atoms with Crippen molar-refractivity contribution < 1.29 is 0 Å². The van der Waals surface area contributed by atoms with E-state index in [9.17, 15) is 0 Å². The molecule has 0 spiro atoms. The summed E-state index contributed by atoms with van der Waals surface area (Å²) < 4.78 is 1.84. The first-order valence-corrected chi connectivity index (χ1v) is 6.58. The Hall–Kier alpha value is -1.48. The highest BCUT2D eigenvalue weighted by Crippen LogP contribution is 2.30. The summed E-state index contributed by atoms with van der Waals surface area (Å²) in [4.78, 5) is 0. The quantitative estimate of drug-likeness (QED) is 0.911. The van der Waals surface area contributed by atoms with Crippen LogP contribution in [0.5, 0.6) is 0 Å². The monoisotopic (exact) mass is 263 g/mol. The number of nitrogens with two attached hydrogens (primary N) is 1. The van der Waals surface area contributed by atoms with E-state index < -0.39 is 0 Å². The number of nitrogen functional groups attached to an aromatic ring is 1. The fourth-order valence-electron chi connectivity index (χ4n) is 2.16. The number of halogens is 1. The molecule has 0 aliphatic heterocycles. The molecule has 0 saturated carbocycles. The molecule has 0 amide bonds. The molecule has 0 radical (unpaired) electrons. The first-order valence-electron chi connectivity index (χ1n) is 6.20. The van der Waals surface area contributed by atoms with Crippen LogP contribution in [0.4, 0.5) is 5.82 Å². The number of aryl methyl sites for hydroxylation is 1. The average Bonchev–Trinajstić information content (AvgIpc) is 2.65. The highest BCUT2D eigenvalue weighted by atomic mass is 35.5. The van der Waals surface area contributed by atoms with Crippen LogP contribution < -0.4 is 5.73 Å². The second kappa shape index (κ2) is 5.44. The molecule has 0 aliphatic carbocycles. The molecule has 0 bridgehead atoms. The van der Waals surface area contributed by atoms with Gasteiger partial charge in [-0.1, -0.05) is 55.3 Å². The highest BCUT2D eigenvalue weighted by Gasteiger charge is 2.19. The Labute approximate surface area is 113 Å². The third-order valence-corrected chi connectivity index (χ3v) is 3.56. The first-order chi connectivity index (χ1) is 8.65. The van der Waals surface area contributed by atoms with E-state index in [1.54, 1.807) is 0 Å². The average molecular weight is 264 g/mol. The summed E-state index contributed by atoms with van der Waals surface area (Å²) in [5.41, 5.74) is 8.04. The van der Waals surface area contributed by atoms with Gasteiger partial charge in [0.1, 0.15) is 10.8 Å². The second-order valence-corrected chi connectivity index (χ2v) is 4.82. The maximum absolute atomic E-state index is 6.12. The third kappa shape index (κ3) is 2.36. The SMILES string of the molecule is CCCC(c1ccccc1)n1nc(C)c(Cl)c1N. The van der Waals surface area contributed by atoms with Crippen molar-refractivity contribution in [2.75, 3.05) is 5.73 Å². The van der Waals surface area contributed by atoms with Gasteiger partial charge in [-0.15, -0.1) is 0 Å². The van der Waals surface area contributed by atoms with E-state index in [0.29, 0.717) is 10.8 Å². The summed E-state index contributed by atoms with van der Waals surface area (Å²) >= 11 is 6.12. The van der Waals surface area contributed by atoms with E-state index in [1.807, 2.05) is 29.8 Å². The zero-order valence-corrected chi connectivity index (χ0v) is 11.5. The van der Waals surface area contributed by atoms with Gasteiger partial charge < -0.3 is 5.73 Å². The Bertz CT molecular complexity index is 519. The number of benzene rings is 1. The molecule has 1 atom stereocenters. The molecular formula is C14H18ClN3. The fourth-order valence-corrected chi connectivity index (χ4v) is 2.29. The fraction of sp³-hybridized carbons (Fsp3) is 0.357. The molecule has 2 aromatic rings. The minimum absolute atomic E-state index is 0.155. The maximum atomic E-state index is 6.12. The van der Waals surface area contributed by atoms with Gasteiger partial charge in [0, 0.05) is 0 Å². The molecule has 2 N–H and O–H groups in total. The van der Waals surface area contributed by atoms with Crippen molar-refractivity contribution in [1.82, 2.24) is 9.78 Å². The standard InChI is InChI=1S/C14H18ClN3/c1-3-7-12(11-8-5-4-6-9-11)18-14(16)13(15)10(2)17-18/h4-6,8-9,12H,3,7,16H2,1-2H3. The maximum Gasteiger partial charge on any atom is 0.141 e. The van der Waals surface area contributed by atoms with Crippen LogP contribution in [0.2, 0.25) is 5.02 Å². The van der Waals surface area contributed by atoms with Gasteiger partial charge in [0.15, 0.2) is 0 Å². The Balaban J connectivity index is 2.45. The molecule has 0 fully saturated rings. The molecule has 0 saturated heterocycles. The van der Waals surface area contributed by atoms with Gasteiger partial charge >= 0.3 is 0 Å². The van der Waals surface area contributed by atoms with Crippen LogP contribution >= 0.6 is 11.6 Å². The van der Waals surface area contributed by atoms with Gasteiger partial charge in [-0.2, -0.15) is 5.10 Å². The first kappa shape index (κ1) is 13.0. The van der Waals surface area contributed by atoms with Crippen molar-refractivity contribution >= 4 is 17.4 Å². The van der Waals surface area contributed by atoms with E-state index in [1.165, 1.54) is 5.56 Å². The van der Waals surface area contributed by atoms with E-state index in [2.05, 4.69) is 24.2 Å². The van der Waals surface area contributed by atoms with E-state index in [4.69, 9.17) is 17.3 Å². The predicted octanol–water partition coefficient (Wildman–Crippen LogP) is 3.82. The van der Waals surface area contributed by atoms with E-state index in [-0.39, 0.29) is 6.04 Å². The summed E-state index contributed by atoms with van der Waals surface area (Å²) in [5, 5.41) is 5.03. The van der Waals surface area contributed by atoms with E-state index >= 15 is 0 Å². The van der Waals surface area contributed by atoms with Gasteiger partial charge in [0.25, 0.3) is 0 Å². The Morgan fingerprint density at radius 2 is 2.00 bits per heavy atom. The lowest BCUT2D eigenvalue weighted by molar-refractivity contribution is 0.488. The normalized spacial score (nSPS) is 12.6. The minimum Gasteiger partial charge on any atom is -0.383 e. The molecule has 3 nitrogen and oxygen atoms in total. The van der Waals surface area contributed by atoms with Crippen molar-refractivity contribution in [2.24, 2.45) is 0 Å². The van der Waals surface area contributed by atoms with Crippen LogP contribution in [-0.4, -0.2) is 9.78 Å². The molecule has 2 rings (SSSR count). The van der Waals surface area contributed by atoms with Gasteiger partial charge in [-0.05, 0) is 18.9 Å². The lowest BCUT2D eigenvalue weighted by Crippen LogP contribution is -2.14. The summed E-state index contributed by atoms with van der Waals surface area (Å²) in [6.07, 6.45) is 2.06. The lowest BCUT2D eigenvalue weighted by Gasteiger charge is -2.18. The smallest absolute Gasteiger partial charge is 0.141 e. The van der Waals surface area contributed by atoms with Crippen molar-refractivity contribution in [2.45, 2.75) is 32.7 Å². The summed E-state index contributed by atoms with van der Waals surface area (Å²) in [6, 6.07) is 10.4. The molecule has 1 aromatic carbocycles. The number of nitrogens with zero attached hydrogens (tertiary/aromatic N) is 2. The number of rotatable bonds is 4. The van der Waals surface area contributed by atoms with Crippen molar-refractivity contribution in [3.05, 3.63) is 46.6 Å². The number of hydrogen-bond acceptors (Lipinski definition) is 2. The molecule has 1 unspecified atom stereocenters. The second-order valence-electron chi connectivity index (χ2n) is 4.44.